The Hall–Kier alpha value is 0.376. The van der Waals surface area contributed by atoms with E-state index in [0.29, 0.717) is 13.0 Å². The number of amides is 1. The first-order valence-electron chi connectivity index (χ1n) is 5.93. The molecule has 0 bridgehead atoms. The molecule has 96 valence electrons. The van der Waals surface area contributed by atoms with Crippen LogP contribution in [0.3, 0.4) is 0 Å². The number of likely N-dealkylation sites (tertiary alicyclic amines) is 1. The molecule has 0 radical (unpaired) electrons. The molecule has 5 nitrogen and oxygen atoms in total. The summed E-state index contributed by atoms with van der Waals surface area (Å²) in [6, 6.07) is -0.827. The van der Waals surface area contributed by atoms with Gasteiger partial charge in [0.2, 0.25) is 0 Å². The van der Waals surface area contributed by atoms with Gasteiger partial charge in [0.1, 0.15) is 5.60 Å². The molecule has 18 heavy (non-hydrogen) atoms. The Morgan fingerprint density at radius 2 is 1.89 bits per heavy atom. The van der Waals surface area contributed by atoms with E-state index in [2.05, 4.69) is 0 Å². The summed E-state index contributed by atoms with van der Waals surface area (Å²) in [6.07, 6.45) is 1.95. The zero-order valence-corrected chi connectivity index (χ0v) is 14.6. The summed E-state index contributed by atoms with van der Waals surface area (Å²) >= 11 is 0. The minimum Gasteiger partial charge on any atom is -0.548 e. The van der Waals surface area contributed by atoms with Crippen LogP contribution in [-0.4, -0.2) is 35.2 Å². The third-order valence-electron chi connectivity index (χ3n) is 3.37. The number of rotatable bonds is 1. The second kappa shape index (κ2) is 5.40. The van der Waals surface area contributed by atoms with Gasteiger partial charge >= 0.3 is 57.5 Å². The first kappa shape index (κ1) is 16.4. The standard InChI is InChI=1S/C12H19NO4.K/c1-11(2,3)17-10(16)13-7-12(4-5-12)6-8(13)9(14)15;/h8H,4-7H2,1-3H3,(H,14,15);/q;+1/p-1. The Bertz CT molecular complexity index is 360. The summed E-state index contributed by atoms with van der Waals surface area (Å²) in [7, 11) is 0. The third-order valence-corrected chi connectivity index (χ3v) is 3.37. The number of carbonyl (C=O) groups excluding carboxylic acids is 2. The molecule has 0 aromatic carbocycles. The van der Waals surface area contributed by atoms with Crippen molar-refractivity contribution in [3.63, 3.8) is 0 Å². The molecule has 0 N–H and O–H groups in total. The predicted octanol–water partition coefficient (Wildman–Crippen LogP) is -2.47. The Morgan fingerprint density at radius 3 is 2.28 bits per heavy atom. The van der Waals surface area contributed by atoms with Gasteiger partial charge in [0.25, 0.3) is 0 Å². The average molecular weight is 279 g/mol. The van der Waals surface area contributed by atoms with E-state index in [1.54, 1.807) is 20.8 Å². The van der Waals surface area contributed by atoms with Crippen molar-refractivity contribution in [1.82, 2.24) is 4.90 Å². The number of aliphatic carboxylic acids is 1. The van der Waals surface area contributed by atoms with E-state index in [0.717, 1.165) is 12.8 Å². The van der Waals surface area contributed by atoms with Crippen molar-refractivity contribution < 1.29 is 70.8 Å². The minimum absolute atomic E-state index is 0. The van der Waals surface area contributed by atoms with Crippen molar-refractivity contribution in [2.24, 2.45) is 5.41 Å². The largest absolute Gasteiger partial charge is 1.00 e. The molecule has 6 heteroatoms. The molecule has 1 atom stereocenters. The molecule has 0 aromatic rings. The van der Waals surface area contributed by atoms with Gasteiger partial charge in [0, 0.05) is 6.54 Å². The van der Waals surface area contributed by atoms with Crippen LogP contribution < -0.4 is 56.5 Å². The second-order valence-corrected chi connectivity index (χ2v) is 6.15. The van der Waals surface area contributed by atoms with E-state index in [9.17, 15) is 14.7 Å². The van der Waals surface area contributed by atoms with Crippen LogP contribution >= 0.6 is 0 Å². The van der Waals surface area contributed by atoms with Gasteiger partial charge in [-0.25, -0.2) is 4.79 Å². The van der Waals surface area contributed by atoms with Crippen molar-refractivity contribution in [3.05, 3.63) is 0 Å². The van der Waals surface area contributed by atoms with Gasteiger partial charge in [-0.2, -0.15) is 0 Å². The van der Waals surface area contributed by atoms with E-state index in [-0.39, 0.29) is 56.8 Å². The smallest absolute Gasteiger partial charge is 0.548 e. The molecule has 2 fully saturated rings. The van der Waals surface area contributed by atoms with E-state index in [4.69, 9.17) is 4.74 Å². The summed E-state index contributed by atoms with van der Waals surface area (Å²) in [5, 5.41) is 11.0. The topological polar surface area (TPSA) is 69.7 Å². The molecule has 1 saturated heterocycles. The molecular weight excluding hydrogens is 261 g/mol. The number of carboxylic acid groups (broad SMARTS) is 1. The molecule has 1 aliphatic heterocycles. The quantitative estimate of drug-likeness (QED) is 0.499. The van der Waals surface area contributed by atoms with Gasteiger partial charge in [-0.3, -0.25) is 4.90 Å². The SMILES string of the molecule is CC(C)(C)OC(=O)N1CC2(CC2)CC1C(=O)[O-].[K+]. The Labute approximate surface area is 150 Å². The zero-order valence-electron chi connectivity index (χ0n) is 11.5. The van der Waals surface area contributed by atoms with Gasteiger partial charge in [-0.1, -0.05) is 0 Å². The van der Waals surface area contributed by atoms with Gasteiger partial charge in [0.15, 0.2) is 0 Å². The summed E-state index contributed by atoms with van der Waals surface area (Å²) in [5.41, 5.74) is -0.575. The van der Waals surface area contributed by atoms with Crippen LogP contribution in [0.15, 0.2) is 0 Å². The van der Waals surface area contributed by atoms with E-state index < -0.39 is 23.7 Å². The van der Waals surface area contributed by atoms with Crippen LogP contribution in [0.25, 0.3) is 0 Å². The van der Waals surface area contributed by atoms with Crippen LogP contribution in [0.5, 0.6) is 0 Å². The van der Waals surface area contributed by atoms with Crippen LogP contribution in [-0.2, 0) is 9.53 Å². The zero-order chi connectivity index (χ0) is 12.8. The van der Waals surface area contributed by atoms with Crippen molar-refractivity contribution in [1.29, 1.82) is 0 Å². The average Bonchev–Trinajstić information content (AvgIpc) is 2.73. The van der Waals surface area contributed by atoms with Crippen LogP contribution in [0.4, 0.5) is 4.79 Å². The first-order chi connectivity index (χ1) is 7.72. The second-order valence-electron chi connectivity index (χ2n) is 6.15. The van der Waals surface area contributed by atoms with Crippen LogP contribution in [0.2, 0.25) is 0 Å². The van der Waals surface area contributed by atoms with Crippen LogP contribution in [0, 0.1) is 5.41 Å². The molecular formula is C12H18KNO4. The Kier molecular flexibility index (Phi) is 4.93. The van der Waals surface area contributed by atoms with E-state index >= 15 is 0 Å². The molecule has 1 aliphatic carbocycles. The Morgan fingerprint density at radius 1 is 1.33 bits per heavy atom. The fourth-order valence-corrected chi connectivity index (χ4v) is 2.32. The molecule has 0 aromatic heterocycles. The monoisotopic (exact) mass is 279 g/mol. The normalized spacial score (nSPS) is 24.6. The molecule has 1 saturated carbocycles. The van der Waals surface area contributed by atoms with Gasteiger partial charge in [0.05, 0.1) is 12.0 Å². The Balaban J connectivity index is 0.00000162. The summed E-state index contributed by atoms with van der Waals surface area (Å²) in [4.78, 5) is 24.3. The number of hydrogen-bond donors (Lipinski definition) is 0. The van der Waals surface area contributed by atoms with E-state index in [1.165, 1.54) is 4.90 Å². The number of carboxylic acids is 1. The fourth-order valence-electron chi connectivity index (χ4n) is 2.32. The molecule has 2 aliphatic rings. The number of nitrogens with zero attached hydrogens (tertiary/aromatic N) is 1. The van der Waals surface area contributed by atoms with Crippen molar-refractivity contribution >= 4 is 12.1 Å². The third kappa shape index (κ3) is 3.69. The number of hydrogen-bond acceptors (Lipinski definition) is 4. The van der Waals surface area contributed by atoms with Crippen molar-refractivity contribution in [2.75, 3.05) is 6.54 Å². The van der Waals surface area contributed by atoms with Crippen LogP contribution in [0.1, 0.15) is 40.0 Å². The number of carbonyl (C=O) groups is 2. The maximum Gasteiger partial charge on any atom is 1.00 e. The fraction of sp³-hybridized carbons (Fsp3) is 0.833. The molecule has 1 heterocycles. The molecule has 1 unspecified atom stereocenters. The summed E-state index contributed by atoms with van der Waals surface area (Å²) < 4.78 is 5.22. The summed E-state index contributed by atoms with van der Waals surface area (Å²) in [5.74, 6) is -1.18. The molecule has 2 rings (SSSR count). The number of ether oxygens (including phenoxy) is 1. The van der Waals surface area contributed by atoms with Crippen molar-refractivity contribution in [3.8, 4) is 0 Å². The minimum atomic E-state index is -1.18. The maximum absolute atomic E-state index is 11.9. The van der Waals surface area contributed by atoms with Gasteiger partial charge < -0.3 is 14.6 Å². The van der Waals surface area contributed by atoms with Crippen molar-refractivity contribution in [2.45, 2.75) is 51.7 Å². The van der Waals surface area contributed by atoms with Gasteiger partial charge in [-0.15, -0.1) is 0 Å². The first-order valence-corrected chi connectivity index (χ1v) is 5.93. The summed E-state index contributed by atoms with van der Waals surface area (Å²) in [6.45, 7) is 5.78. The molecule has 1 spiro atoms. The van der Waals surface area contributed by atoms with E-state index in [1.807, 2.05) is 0 Å². The maximum atomic E-state index is 11.9. The molecule has 1 amide bonds. The predicted molar refractivity (Wildman–Crippen MR) is 58.0 cm³/mol. The van der Waals surface area contributed by atoms with Gasteiger partial charge in [-0.05, 0) is 45.4 Å².